The minimum Gasteiger partial charge on any atom is -0.460 e. The van der Waals surface area contributed by atoms with E-state index in [0.29, 0.717) is 18.2 Å². The average Bonchev–Trinajstić information content (AvgIpc) is 2.81. The Bertz CT molecular complexity index is 545. The lowest BCUT2D eigenvalue weighted by atomic mass is 10.3. The molecule has 0 amide bonds. The van der Waals surface area contributed by atoms with Crippen molar-refractivity contribution in [3.63, 3.8) is 0 Å². The van der Waals surface area contributed by atoms with E-state index < -0.39 is 0 Å². The van der Waals surface area contributed by atoms with Crippen LogP contribution in [0.4, 0.5) is 5.82 Å². The summed E-state index contributed by atoms with van der Waals surface area (Å²) < 4.78 is 12.2. The monoisotopic (exact) mass is 389 g/mol. The summed E-state index contributed by atoms with van der Waals surface area (Å²) in [6.45, 7) is 3.17. The standard InChI is InChI=1S/C12H13Br2N3O2/c1-3-15-11-9(14)8(6-18-2)16-12(17-11)10-7(13)4-5-19-10/h4-5H,3,6H2,1-2H3,(H,15,16,17). The summed E-state index contributed by atoms with van der Waals surface area (Å²) in [5, 5.41) is 3.19. The lowest BCUT2D eigenvalue weighted by Gasteiger charge is -2.11. The van der Waals surface area contributed by atoms with Crippen LogP contribution < -0.4 is 5.32 Å². The molecule has 2 aromatic heterocycles. The van der Waals surface area contributed by atoms with Gasteiger partial charge in [0.1, 0.15) is 5.82 Å². The highest BCUT2D eigenvalue weighted by atomic mass is 79.9. The van der Waals surface area contributed by atoms with Crippen LogP contribution in [0.1, 0.15) is 12.6 Å². The normalized spacial score (nSPS) is 10.7. The predicted molar refractivity (Wildman–Crippen MR) is 80.0 cm³/mol. The lowest BCUT2D eigenvalue weighted by Crippen LogP contribution is -2.06. The van der Waals surface area contributed by atoms with Crippen molar-refractivity contribution in [1.82, 2.24) is 9.97 Å². The van der Waals surface area contributed by atoms with Crippen LogP contribution >= 0.6 is 31.9 Å². The van der Waals surface area contributed by atoms with Crippen molar-refractivity contribution in [3.8, 4) is 11.6 Å². The molecule has 1 N–H and O–H groups in total. The summed E-state index contributed by atoms with van der Waals surface area (Å²) in [7, 11) is 1.63. The molecule has 5 nitrogen and oxygen atoms in total. The van der Waals surface area contributed by atoms with Gasteiger partial charge in [0.2, 0.25) is 0 Å². The van der Waals surface area contributed by atoms with Crippen LogP contribution in [-0.2, 0) is 11.3 Å². The second-order valence-electron chi connectivity index (χ2n) is 3.72. The Labute approximate surface area is 128 Å². The van der Waals surface area contributed by atoms with Gasteiger partial charge in [-0.3, -0.25) is 0 Å². The average molecular weight is 391 g/mol. The molecule has 0 aliphatic rings. The van der Waals surface area contributed by atoms with Crippen LogP contribution in [0.3, 0.4) is 0 Å². The first kappa shape index (κ1) is 14.5. The van der Waals surface area contributed by atoms with E-state index in [9.17, 15) is 0 Å². The zero-order valence-electron chi connectivity index (χ0n) is 10.5. The molecule has 0 aliphatic carbocycles. The number of nitrogens with zero attached hydrogens (tertiary/aromatic N) is 2. The Hall–Kier alpha value is -0.920. The van der Waals surface area contributed by atoms with Gasteiger partial charge in [0.25, 0.3) is 0 Å². The van der Waals surface area contributed by atoms with Crippen molar-refractivity contribution in [3.05, 3.63) is 27.0 Å². The van der Waals surface area contributed by atoms with Gasteiger partial charge in [0, 0.05) is 13.7 Å². The van der Waals surface area contributed by atoms with E-state index in [4.69, 9.17) is 9.15 Å². The second-order valence-corrected chi connectivity index (χ2v) is 5.36. The van der Waals surface area contributed by atoms with Crippen LogP contribution in [-0.4, -0.2) is 23.6 Å². The fourth-order valence-electron chi connectivity index (χ4n) is 1.57. The van der Waals surface area contributed by atoms with Crippen molar-refractivity contribution < 1.29 is 9.15 Å². The molecule has 2 rings (SSSR count). The molecule has 0 bridgehead atoms. The molecule has 2 heterocycles. The third-order valence-electron chi connectivity index (χ3n) is 2.37. The van der Waals surface area contributed by atoms with Gasteiger partial charge in [0.15, 0.2) is 11.6 Å². The minimum atomic E-state index is 0.396. The number of ether oxygens (including phenoxy) is 1. The van der Waals surface area contributed by atoms with Crippen LogP contribution in [0.15, 0.2) is 25.7 Å². The Morgan fingerprint density at radius 3 is 2.74 bits per heavy atom. The van der Waals surface area contributed by atoms with Crippen molar-refractivity contribution in [2.24, 2.45) is 0 Å². The summed E-state index contributed by atoms with van der Waals surface area (Å²) in [5.41, 5.74) is 0.770. The van der Waals surface area contributed by atoms with Gasteiger partial charge in [-0.25, -0.2) is 9.97 Å². The third-order valence-corrected chi connectivity index (χ3v) is 3.82. The van der Waals surface area contributed by atoms with E-state index >= 15 is 0 Å². The molecule has 0 fully saturated rings. The minimum absolute atomic E-state index is 0.396. The van der Waals surface area contributed by atoms with Crippen LogP contribution in [0.5, 0.6) is 0 Å². The van der Waals surface area contributed by atoms with E-state index in [1.165, 1.54) is 0 Å². The van der Waals surface area contributed by atoms with E-state index in [1.807, 2.05) is 13.0 Å². The molecule has 0 aromatic carbocycles. The quantitative estimate of drug-likeness (QED) is 0.840. The van der Waals surface area contributed by atoms with Gasteiger partial charge in [-0.1, -0.05) is 0 Å². The highest BCUT2D eigenvalue weighted by molar-refractivity contribution is 9.11. The number of furan rings is 1. The van der Waals surface area contributed by atoms with Crippen molar-refractivity contribution in [2.75, 3.05) is 19.0 Å². The first-order chi connectivity index (χ1) is 9.17. The maximum atomic E-state index is 5.40. The molecular weight excluding hydrogens is 378 g/mol. The molecule has 0 spiro atoms. The van der Waals surface area contributed by atoms with Crippen molar-refractivity contribution in [1.29, 1.82) is 0 Å². The molecule has 0 radical (unpaired) electrons. The summed E-state index contributed by atoms with van der Waals surface area (Å²) in [6, 6.07) is 1.81. The SMILES string of the molecule is CCNc1nc(-c2occc2Br)nc(COC)c1Br. The number of anilines is 1. The number of halogens is 2. The largest absolute Gasteiger partial charge is 0.460 e. The maximum Gasteiger partial charge on any atom is 0.199 e. The van der Waals surface area contributed by atoms with Crippen molar-refractivity contribution in [2.45, 2.75) is 13.5 Å². The zero-order chi connectivity index (χ0) is 13.8. The highest BCUT2D eigenvalue weighted by Gasteiger charge is 2.16. The number of rotatable bonds is 5. The van der Waals surface area contributed by atoms with Gasteiger partial charge < -0.3 is 14.5 Å². The fraction of sp³-hybridized carbons (Fsp3) is 0.333. The summed E-state index contributed by atoms with van der Waals surface area (Å²) in [5.74, 6) is 1.84. The van der Waals surface area contributed by atoms with Gasteiger partial charge in [-0.05, 0) is 44.8 Å². The first-order valence-electron chi connectivity index (χ1n) is 5.70. The molecule has 7 heteroatoms. The molecule has 0 aliphatic heterocycles. The smallest absolute Gasteiger partial charge is 0.199 e. The van der Waals surface area contributed by atoms with Crippen LogP contribution in [0.25, 0.3) is 11.6 Å². The molecule has 19 heavy (non-hydrogen) atoms. The Morgan fingerprint density at radius 1 is 1.37 bits per heavy atom. The Morgan fingerprint density at radius 2 is 2.16 bits per heavy atom. The Balaban J connectivity index is 2.52. The molecule has 2 aromatic rings. The number of methoxy groups -OCH3 is 1. The van der Waals surface area contributed by atoms with Gasteiger partial charge in [-0.2, -0.15) is 0 Å². The molecule has 0 saturated carbocycles. The third kappa shape index (κ3) is 3.16. The Kier molecular flexibility index (Phi) is 4.95. The molecule has 0 saturated heterocycles. The van der Waals surface area contributed by atoms with E-state index in [-0.39, 0.29) is 0 Å². The number of hydrogen-bond acceptors (Lipinski definition) is 5. The first-order valence-corrected chi connectivity index (χ1v) is 7.28. The van der Waals surface area contributed by atoms with Crippen molar-refractivity contribution >= 4 is 37.7 Å². The summed E-state index contributed by atoms with van der Waals surface area (Å²) in [6.07, 6.45) is 1.59. The van der Waals surface area contributed by atoms with E-state index in [2.05, 4.69) is 47.1 Å². The molecule has 0 atom stereocenters. The van der Waals surface area contributed by atoms with Gasteiger partial charge >= 0.3 is 0 Å². The van der Waals surface area contributed by atoms with Crippen LogP contribution in [0, 0.1) is 0 Å². The van der Waals surface area contributed by atoms with Gasteiger partial charge in [0.05, 0.1) is 27.5 Å². The van der Waals surface area contributed by atoms with Gasteiger partial charge in [-0.15, -0.1) is 0 Å². The number of nitrogens with one attached hydrogen (secondary N) is 1. The molecule has 102 valence electrons. The fourth-order valence-corrected chi connectivity index (χ4v) is 2.38. The second kappa shape index (κ2) is 6.49. The van der Waals surface area contributed by atoms with E-state index in [1.54, 1.807) is 13.4 Å². The van der Waals surface area contributed by atoms with Crippen LogP contribution in [0.2, 0.25) is 0 Å². The highest BCUT2D eigenvalue weighted by Crippen LogP contribution is 2.31. The van der Waals surface area contributed by atoms with E-state index in [0.717, 1.165) is 27.0 Å². The predicted octanol–water partition coefficient (Wildman–Crippen LogP) is 3.84. The molecule has 0 unspecified atom stereocenters. The molecular formula is C12H13Br2N3O2. The maximum absolute atomic E-state index is 5.40. The topological polar surface area (TPSA) is 60.2 Å². The number of hydrogen-bond donors (Lipinski definition) is 1. The number of aromatic nitrogens is 2. The lowest BCUT2D eigenvalue weighted by molar-refractivity contribution is 0.181. The summed E-state index contributed by atoms with van der Waals surface area (Å²) >= 11 is 6.90. The summed E-state index contributed by atoms with van der Waals surface area (Å²) in [4.78, 5) is 8.92. The zero-order valence-corrected chi connectivity index (χ0v) is 13.7.